The molecule has 1 aromatic rings. The highest BCUT2D eigenvalue weighted by Crippen LogP contribution is 2.29. The maximum atomic E-state index is 12.6. The Bertz CT molecular complexity index is 612. The summed E-state index contributed by atoms with van der Waals surface area (Å²) in [4.78, 5) is 0.243. The molecular weight excluding hydrogens is 252 g/mol. The van der Waals surface area contributed by atoms with Crippen molar-refractivity contribution in [2.75, 3.05) is 6.54 Å². The maximum Gasteiger partial charge on any atom is 0.247 e. The number of hydrogen-bond donors (Lipinski definition) is 0. The van der Waals surface area contributed by atoms with Gasteiger partial charge in [-0.2, -0.15) is 14.7 Å². The van der Waals surface area contributed by atoms with Crippen LogP contribution >= 0.6 is 0 Å². The van der Waals surface area contributed by atoms with Crippen molar-refractivity contribution in [3.63, 3.8) is 0 Å². The predicted octanol–water partition coefficient (Wildman–Crippen LogP) is 0.714. The van der Waals surface area contributed by atoms with Crippen LogP contribution in [0.25, 0.3) is 0 Å². The Hall–Kier alpha value is -1.39. The second-order valence-electron chi connectivity index (χ2n) is 4.53. The Balaban J connectivity index is 2.52. The van der Waals surface area contributed by atoms with Crippen LogP contribution in [-0.4, -0.2) is 35.1 Å². The molecule has 0 aromatic carbocycles. The molecule has 2 heterocycles. The molecule has 1 aliphatic rings. The highest BCUT2D eigenvalue weighted by atomic mass is 32.2. The zero-order valence-corrected chi connectivity index (χ0v) is 11.5. The molecule has 1 atom stereocenters. The topological polar surface area (TPSA) is 79.0 Å². The zero-order chi connectivity index (χ0) is 13.5. The van der Waals surface area contributed by atoms with Crippen LogP contribution in [0.1, 0.15) is 24.2 Å². The van der Waals surface area contributed by atoms with E-state index in [9.17, 15) is 8.42 Å². The Morgan fingerprint density at radius 3 is 2.61 bits per heavy atom. The largest absolute Gasteiger partial charge is 0.271 e. The van der Waals surface area contributed by atoms with E-state index in [4.69, 9.17) is 5.26 Å². The molecule has 7 heteroatoms. The summed E-state index contributed by atoms with van der Waals surface area (Å²) in [5.41, 5.74) is 1.09. The third-order valence-corrected chi connectivity index (χ3v) is 5.52. The fraction of sp³-hybridized carbons (Fsp3) is 0.636. The monoisotopic (exact) mass is 268 g/mol. The molecule has 2 rings (SSSR count). The lowest BCUT2D eigenvalue weighted by Gasteiger charge is -2.19. The van der Waals surface area contributed by atoms with Gasteiger partial charge in [-0.1, -0.05) is 0 Å². The molecule has 1 aliphatic heterocycles. The van der Waals surface area contributed by atoms with Gasteiger partial charge in [-0.15, -0.1) is 0 Å². The molecule has 0 saturated carbocycles. The van der Waals surface area contributed by atoms with E-state index in [0.29, 0.717) is 24.4 Å². The van der Waals surface area contributed by atoms with Crippen molar-refractivity contribution in [1.82, 2.24) is 14.1 Å². The molecule has 0 amide bonds. The predicted molar refractivity (Wildman–Crippen MR) is 65.2 cm³/mol. The second-order valence-corrected chi connectivity index (χ2v) is 6.35. The minimum atomic E-state index is -3.61. The number of sulfonamides is 1. The summed E-state index contributed by atoms with van der Waals surface area (Å²) < 4.78 is 28.0. The van der Waals surface area contributed by atoms with Gasteiger partial charge in [0.15, 0.2) is 0 Å². The lowest BCUT2D eigenvalue weighted by atomic mass is 10.2. The standard InChI is InChI=1S/C11H16N4O2S/c1-8-11(9(2)14(3)13-8)18(16,17)15-6-4-5-10(15)7-12/h10H,4-6H2,1-3H3. The van der Waals surface area contributed by atoms with Gasteiger partial charge in [0.05, 0.1) is 17.5 Å². The van der Waals surface area contributed by atoms with Crippen molar-refractivity contribution in [3.8, 4) is 6.07 Å². The first kappa shape index (κ1) is 13.1. The Morgan fingerprint density at radius 1 is 1.44 bits per heavy atom. The second kappa shape index (κ2) is 4.37. The number of rotatable bonds is 2. The van der Waals surface area contributed by atoms with Crippen LogP contribution in [0.2, 0.25) is 0 Å². The first-order chi connectivity index (χ1) is 8.39. The Morgan fingerprint density at radius 2 is 2.11 bits per heavy atom. The van der Waals surface area contributed by atoms with E-state index in [1.165, 1.54) is 4.31 Å². The summed E-state index contributed by atoms with van der Waals surface area (Å²) in [6, 6.07) is 1.51. The van der Waals surface area contributed by atoms with Gasteiger partial charge in [-0.25, -0.2) is 8.42 Å². The molecule has 1 saturated heterocycles. The van der Waals surface area contributed by atoms with Crippen LogP contribution in [0.5, 0.6) is 0 Å². The fourth-order valence-electron chi connectivity index (χ4n) is 2.40. The van der Waals surface area contributed by atoms with Crippen molar-refractivity contribution < 1.29 is 8.42 Å². The molecule has 98 valence electrons. The molecule has 0 aliphatic carbocycles. The molecule has 0 radical (unpaired) electrons. The first-order valence-corrected chi connectivity index (χ1v) is 7.25. The van der Waals surface area contributed by atoms with Gasteiger partial charge in [-0.05, 0) is 26.7 Å². The van der Waals surface area contributed by atoms with E-state index in [2.05, 4.69) is 11.2 Å². The smallest absolute Gasteiger partial charge is 0.247 e. The Labute approximate surface area is 107 Å². The van der Waals surface area contributed by atoms with Gasteiger partial charge >= 0.3 is 0 Å². The molecule has 1 unspecified atom stereocenters. The number of hydrogen-bond acceptors (Lipinski definition) is 4. The van der Waals surface area contributed by atoms with E-state index in [1.807, 2.05) is 0 Å². The average molecular weight is 268 g/mol. The molecule has 1 aromatic heterocycles. The molecule has 1 fully saturated rings. The van der Waals surface area contributed by atoms with E-state index < -0.39 is 16.1 Å². The number of aryl methyl sites for hydroxylation is 2. The normalized spacial score (nSPS) is 21.1. The van der Waals surface area contributed by atoms with Crippen LogP contribution in [-0.2, 0) is 17.1 Å². The van der Waals surface area contributed by atoms with Gasteiger partial charge in [-0.3, -0.25) is 4.68 Å². The molecule has 0 spiro atoms. The van der Waals surface area contributed by atoms with Crippen LogP contribution in [0, 0.1) is 25.2 Å². The summed E-state index contributed by atoms with van der Waals surface area (Å²) in [5.74, 6) is 0. The average Bonchev–Trinajstić information content (AvgIpc) is 2.85. The Kier molecular flexibility index (Phi) is 3.17. The summed E-state index contributed by atoms with van der Waals surface area (Å²) in [6.07, 6.45) is 1.34. The third kappa shape index (κ3) is 1.82. The zero-order valence-electron chi connectivity index (χ0n) is 10.7. The minimum absolute atomic E-state index is 0.243. The number of nitrogens with zero attached hydrogens (tertiary/aromatic N) is 4. The van der Waals surface area contributed by atoms with Crippen LogP contribution < -0.4 is 0 Å². The van der Waals surface area contributed by atoms with E-state index in [-0.39, 0.29) is 4.90 Å². The van der Waals surface area contributed by atoms with Crippen molar-refractivity contribution in [3.05, 3.63) is 11.4 Å². The van der Waals surface area contributed by atoms with Gasteiger partial charge in [0.25, 0.3) is 0 Å². The van der Waals surface area contributed by atoms with Crippen molar-refractivity contribution in [1.29, 1.82) is 5.26 Å². The summed E-state index contributed by atoms with van der Waals surface area (Å²) in [7, 11) is -1.90. The summed E-state index contributed by atoms with van der Waals surface area (Å²) in [6.45, 7) is 3.82. The summed E-state index contributed by atoms with van der Waals surface area (Å²) in [5, 5.41) is 13.1. The van der Waals surface area contributed by atoms with Gasteiger partial charge < -0.3 is 0 Å². The van der Waals surface area contributed by atoms with Crippen molar-refractivity contribution in [2.45, 2.75) is 37.6 Å². The van der Waals surface area contributed by atoms with Crippen LogP contribution in [0.4, 0.5) is 0 Å². The molecule has 0 N–H and O–H groups in total. The van der Waals surface area contributed by atoms with Crippen LogP contribution in [0.3, 0.4) is 0 Å². The van der Waals surface area contributed by atoms with Crippen molar-refractivity contribution in [2.24, 2.45) is 7.05 Å². The summed E-state index contributed by atoms with van der Waals surface area (Å²) >= 11 is 0. The maximum absolute atomic E-state index is 12.6. The van der Waals surface area contributed by atoms with Crippen LogP contribution in [0.15, 0.2) is 4.90 Å². The first-order valence-electron chi connectivity index (χ1n) is 5.81. The van der Waals surface area contributed by atoms with Gasteiger partial charge in [0, 0.05) is 13.6 Å². The number of nitriles is 1. The van der Waals surface area contributed by atoms with Gasteiger partial charge in [0.2, 0.25) is 10.0 Å². The SMILES string of the molecule is Cc1nn(C)c(C)c1S(=O)(=O)N1CCCC1C#N. The highest BCUT2D eigenvalue weighted by Gasteiger charge is 2.38. The van der Waals surface area contributed by atoms with Gasteiger partial charge in [0.1, 0.15) is 10.9 Å². The lowest BCUT2D eigenvalue weighted by Crippen LogP contribution is -2.35. The fourth-order valence-corrected chi connectivity index (χ4v) is 4.41. The molecule has 0 bridgehead atoms. The lowest BCUT2D eigenvalue weighted by molar-refractivity contribution is 0.436. The molecule has 18 heavy (non-hydrogen) atoms. The highest BCUT2D eigenvalue weighted by molar-refractivity contribution is 7.89. The third-order valence-electron chi connectivity index (χ3n) is 3.36. The van der Waals surface area contributed by atoms with E-state index in [0.717, 1.165) is 6.42 Å². The molecule has 6 nitrogen and oxygen atoms in total. The molecular formula is C11H16N4O2S. The van der Waals surface area contributed by atoms with Crippen molar-refractivity contribution >= 4 is 10.0 Å². The quantitative estimate of drug-likeness (QED) is 0.791. The number of aromatic nitrogens is 2. The van der Waals surface area contributed by atoms with E-state index in [1.54, 1.807) is 25.6 Å². The minimum Gasteiger partial charge on any atom is -0.271 e. The van der Waals surface area contributed by atoms with E-state index >= 15 is 0 Å².